The summed E-state index contributed by atoms with van der Waals surface area (Å²) in [6.45, 7) is 4.76. The molecule has 4 aromatic carbocycles. The molecule has 7 nitrogen and oxygen atoms in total. The fraction of sp³-hybridized carbons (Fsp3) is 0.188. The predicted octanol–water partition coefficient (Wildman–Crippen LogP) is 6.00. The number of nitriles is 1. The van der Waals surface area contributed by atoms with Crippen LogP contribution in [0, 0.1) is 11.3 Å². The lowest BCUT2D eigenvalue weighted by molar-refractivity contribution is -0.133. The smallest absolute Gasteiger partial charge is 0.315 e. The van der Waals surface area contributed by atoms with E-state index in [2.05, 4.69) is 6.07 Å². The van der Waals surface area contributed by atoms with Crippen molar-refractivity contribution in [3.05, 3.63) is 107 Å². The van der Waals surface area contributed by atoms with Crippen molar-refractivity contribution in [2.24, 2.45) is 5.73 Å². The first-order chi connectivity index (χ1) is 19.0. The first kappa shape index (κ1) is 25.7. The Morgan fingerprint density at radius 3 is 2.51 bits per heavy atom. The maximum Gasteiger partial charge on any atom is 0.315 e. The average Bonchev–Trinajstić information content (AvgIpc) is 2.93. The topological polar surface area (TPSA) is 104 Å². The van der Waals surface area contributed by atoms with Crippen LogP contribution in [0.3, 0.4) is 0 Å². The van der Waals surface area contributed by atoms with Gasteiger partial charge in [0.15, 0.2) is 11.5 Å². The summed E-state index contributed by atoms with van der Waals surface area (Å²) < 4.78 is 23.0. The van der Waals surface area contributed by atoms with Crippen molar-refractivity contribution in [3.63, 3.8) is 0 Å². The summed E-state index contributed by atoms with van der Waals surface area (Å²) in [5.41, 5.74) is 8.88. The van der Waals surface area contributed by atoms with E-state index < -0.39 is 11.9 Å². The Morgan fingerprint density at radius 2 is 1.72 bits per heavy atom. The number of hydrogen-bond donors (Lipinski definition) is 1. The summed E-state index contributed by atoms with van der Waals surface area (Å²) in [4.78, 5) is 12.9. The number of ether oxygens (including phenoxy) is 4. The molecule has 196 valence electrons. The van der Waals surface area contributed by atoms with Crippen LogP contribution in [0.15, 0.2) is 90.3 Å². The fourth-order valence-electron chi connectivity index (χ4n) is 4.86. The largest absolute Gasteiger partial charge is 0.490 e. The van der Waals surface area contributed by atoms with Crippen molar-refractivity contribution in [1.29, 1.82) is 5.26 Å². The molecule has 0 aromatic heterocycles. The fourth-order valence-corrected chi connectivity index (χ4v) is 4.86. The molecular formula is C32H28N2O5. The number of allylic oxidation sites excluding steroid dienone is 1. The van der Waals surface area contributed by atoms with Gasteiger partial charge in [-0.25, -0.2) is 0 Å². The lowest BCUT2D eigenvalue weighted by Crippen LogP contribution is -2.21. The first-order valence-electron chi connectivity index (χ1n) is 12.8. The summed E-state index contributed by atoms with van der Waals surface area (Å²) in [7, 11) is 0. The van der Waals surface area contributed by atoms with Gasteiger partial charge in [0.25, 0.3) is 0 Å². The molecule has 0 saturated heterocycles. The molecular weight excluding hydrogens is 492 g/mol. The number of carbonyl (C=O) groups excluding carboxylic acids is 1. The normalized spacial score (nSPS) is 14.2. The molecule has 0 aliphatic carbocycles. The molecule has 1 atom stereocenters. The molecule has 39 heavy (non-hydrogen) atoms. The molecule has 5 rings (SSSR count). The van der Waals surface area contributed by atoms with Crippen molar-refractivity contribution in [3.8, 4) is 29.1 Å². The van der Waals surface area contributed by atoms with Crippen LogP contribution >= 0.6 is 0 Å². The van der Waals surface area contributed by atoms with E-state index in [1.54, 1.807) is 18.2 Å². The molecule has 7 heteroatoms. The molecule has 1 unspecified atom stereocenters. The molecule has 1 heterocycles. The monoisotopic (exact) mass is 520 g/mol. The van der Waals surface area contributed by atoms with Gasteiger partial charge in [0.2, 0.25) is 5.88 Å². The minimum absolute atomic E-state index is 0.000997. The van der Waals surface area contributed by atoms with Gasteiger partial charge in [-0.3, -0.25) is 4.79 Å². The van der Waals surface area contributed by atoms with E-state index in [1.165, 1.54) is 0 Å². The van der Waals surface area contributed by atoms with Crippen LogP contribution in [0.2, 0.25) is 0 Å². The van der Waals surface area contributed by atoms with Gasteiger partial charge in [-0.05, 0) is 53.9 Å². The van der Waals surface area contributed by atoms with Gasteiger partial charge in [0.1, 0.15) is 23.1 Å². The maximum atomic E-state index is 12.9. The van der Waals surface area contributed by atoms with Crippen LogP contribution < -0.4 is 24.7 Å². The number of hydrogen-bond acceptors (Lipinski definition) is 7. The summed E-state index contributed by atoms with van der Waals surface area (Å²) in [5.74, 6) is 1.06. The second kappa shape index (κ2) is 11.2. The molecule has 0 amide bonds. The Morgan fingerprint density at radius 1 is 0.949 bits per heavy atom. The number of nitrogens with zero attached hydrogens (tertiary/aromatic N) is 1. The number of carbonyl (C=O) groups is 1. The third-order valence-corrected chi connectivity index (χ3v) is 6.54. The Bertz CT molecular complexity index is 1610. The van der Waals surface area contributed by atoms with Gasteiger partial charge in [-0.15, -0.1) is 0 Å². The van der Waals surface area contributed by atoms with Crippen molar-refractivity contribution < 1.29 is 23.7 Å². The van der Waals surface area contributed by atoms with E-state index in [1.807, 2.05) is 74.5 Å². The summed E-state index contributed by atoms with van der Waals surface area (Å²) in [6, 6.07) is 26.7. The second-order valence-electron chi connectivity index (χ2n) is 8.99. The molecule has 1 aliphatic heterocycles. The number of esters is 1. The van der Waals surface area contributed by atoms with Gasteiger partial charge in [0, 0.05) is 11.6 Å². The molecule has 0 spiro atoms. The van der Waals surface area contributed by atoms with Gasteiger partial charge < -0.3 is 24.7 Å². The third kappa shape index (κ3) is 5.23. The SMILES string of the molecule is CCOc1ccc(C2C(C#N)=C(N)Oc3cc(OC(=O)Cc4cccc5ccccc45)ccc32)cc1OCC. The molecule has 1 aliphatic rings. The zero-order valence-corrected chi connectivity index (χ0v) is 21.8. The third-order valence-electron chi connectivity index (χ3n) is 6.54. The number of fused-ring (bicyclic) bond motifs is 2. The summed E-state index contributed by atoms with van der Waals surface area (Å²) >= 11 is 0. The summed E-state index contributed by atoms with van der Waals surface area (Å²) in [6.07, 6.45) is 0.120. The van der Waals surface area contributed by atoms with Crippen LogP contribution in [0.25, 0.3) is 10.8 Å². The Labute approximate surface area is 227 Å². The van der Waals surface area contributed by atoms with Crippen LogP contribution in [0.4, 0.5) is 0 Å². The predicted molar refractivity (Wildman–Crippen MR) is 148 cm³/mol. The van der Waals surface area contributed by atoms with E-state index in [-0.39, 0.29) is 17.9 Å². The van der Waals surface area contributed by atoms with Gasteiger partial charge in [-0.2, -0.15) is 5.26 Å². The molecule has 0 radical (unpaired) electrons. The van der Waals surface area contributed by atoms with Crippen molar-refractivity contribution in [1.82, 2.24) is 0 Å². The van der Waals surface area contributed by atoms with Crippen LogP contribution in [-0.2, 0) is 11.2 Å². The highest BCUT2D eigenvalue weighted by Crippen LogP contribution is 2.45. The van der Waals surface area contributed by atoms with Crippen molar-refractivity contribution >= 4 is 16.7 Å². The zero-order valence-electron chi connectivity index (χ0n) is 21.8. The van der Waals surface area contributed by atoms with Gasteiger partial charge in [-0.1, -0.05) is 54.6 Å². The Hall–Kier alpha value is -4.96. The minimum atomic E-state index is -0.492. The van der Waals surface area contributed by atoms with Crippen molar-refractivity contribution in [2.45, 2.75) is 26.2 Å². The molecule has 0 fully saturated rings. The highest BCUT2D eigenvalue weighted by molar-refractivity contribution is 5.89. The van der Waals surface area contributed by atoms with Crippen LogP contribution in [0.5, 0.6) is 23.0 Å². The van der Waals surface area contributed by atoms with Crippen LogP contribution in [-0.4, -0.2) is 19.2 Å². The van der Waals surface area contributed by atoms with Gasteiger partial charge >= 0.3 is 5.97 Å². The molecule has 0 bridgehead atoms. The van der Waals surface area contributed by atoms with E-state index in [0.717, 1.165) is 27.5 Å². The number of rotatable bonds is 8. The standard InChI is InChI=1S/C32H28N2O5/c1-3-36-27-15-12-22(16-29(27)37-4-2)31-25-14-13-23(18-28(25)39-32(34)26(31)19-33)38-30(35)17-21-10-7-9-20-8-5-6-11-24(20)21/h5-16,18,31H,3-4,17,34H2,1-2H3. The minimum Gasteiger partial charge on any atom is -0.490 e. The highest BCUT2D eigenvalue weighted by atomic mass is 16.5. The van der Waals surface area contributed by atoms with E-state index in [9.17, 15) is 10.1 Å². The average molecular weight is 521 g/mol. The second-order valence-corrected chi connectivity index (χ2v) is 8.99. The zero-order chi connectivity index (χ0) is 27.4. The van der Waals surface area contributed by atoms with Crippen LogP contribution in [0.1, 0.15) is 36.5 Å². The maximum absolute atomic E-state index is 12.9. The van der Waals surface area contributed by atoms with Gasteiger partial charge in [0.05, 0.1) is 25.6 Å². The number of benzene rings is 4. The van der Waals surface area contributed by atoms with E-state index >= 15 is 0 Å². The Balaban J connectivity index is 1.44. The summed E-state index contributed by atoms with van der Waals surface area (Å²) in [5, 5.41) is 12.0. The van der Waals surface area contributed by atoms with E-state index in [4.69, 9.17) is 24.7 Å². The Kier molecular flexibility index (Phi) is 7.37. The van der Waals surface area contributed by atoms with E-state index in [0.29, 0.717) is 36.2 Å². The highest BCUT2D eigenvalue weighted by Gasteiger charge is 2.32. The first-order valence-corrected chi connectivity index (χ1v) is 12.8. The lowest BCUT2D eigenvalue weighted by atomic mass is 9.83. The molecule has 0 saturated carbocycles. The van der Waals surface area contributed by atoms with Crippen molar-refractivity contribution in [2.75, 3.05) is 13.2 Å². The lowest BCUT2D eigenvalue weighted by Gasteiger charge is -2.27. The number of nitrogens with two attached hydrogens (primary N) is 1. The molecule has 4 aromatic rings. The quantitative estimate of drug-likeness (QED) is 0.224. The molecule has 2 N–H and O–H groups in total.